The van der Waals surface area contributed by atoms with Gasteiger partial charge in [-0.05, 0) is 18.2 Å². The molecule has 5 nitrogen and oxygen atoms in total. The number of amidine groups is 1. The summed E-state index contributed by atoms with van der Waals surface area (Å²) in [6, 6.07) is 4.53. The topological polar surface area (TPSA) is 82.9 Å². The Kier molecular flexibility index (Phi) is 2.47. The number of rotatable bonds is 1. The number of hydrogen-bond donors (Lipinski definition) is 2. The van der Waals surface area contributed by atoms with Crippen LogP contribution in [0, 0.1) is 11.2 Å². The molecule has 0 radical (unpaired) electrons. The third-order valence-corrected chi connectivity index (χ3v) is 4.01. The van der Waals surface area contributed by atoms with Crippen molar-refractivity contribution in [2.45, 2.75) is 12.5 Å². The second-order valence-electron chi connectivity index (χ2n) is 5.39. The van der Waals surface area contributed by atoms with E-state index < -0.39 is 11.0 Å². The second-order valence-corrected chi connectivity index (χ2v) is 5.39. The molecule has 0 aromatic heterocycles. The summed E-state index contributed by atoms with van der Waals surface area (Å²) in [5.41, 5.74) is 11.0. The van der Waals surface area contributed by atoms with Crippen LogP contribution in [0.25, 0.3) is 0 Å². The predicted octanol–water partition coefficient (Wildman–Crippen LogP) is 0.985. The molecule has 2 heterocycles. The lowest BCUT2D eigenvalue weighted by Crippen LogP contribution is -2.50. The highest BCUT2D eigenvalue weighted by Crippen LogP contribution is 2.51. The Morgan fingerprint density at radius 1 is 1.26 bits per heavy atom. The molecule has 6 heteroatoms. The van der Waals surface area contributed by atoms with Gasteiger partial charge in [-0.2, -0.15) is 0 Å². The number of benzene rings is 1. The van der Waals surface area contributed by atoms with E-state index in [-0.39, 0.29) is 18.4 Å². The summed E-state index contributed by atoms with van der Waals surface area (Å²) in [5.74, 6) is -0.357. The number of nitrogen functional groups attached to an aromatic ring is 1. The van der Waals surface area contributed by atoms with Crippen LogP contribution < -0.4 is 11.5 Å². The van der Waals surface area contributed by atoms with Crippen molar-refractivity contribution in [3.63, 3.8) is 0 Å². The van der Waals surface area contributed by atoms with E-state index >= 15 is 0 Å². The summed E-state index contributed by atoms with van der Waals surface area (Å²) in [6.45, 7) is 3.01. The van der Waals surface area contributed by atoms with Crippen molar-refractivity contribution < 1.29 is 13.9 Å². The molecule has 0 saturated carbocycles. The molecule has 1 saturated heterocycles. The Morgan fingerprint density at radius 2 is 2.05 bits per heavy atom. The van der Waals surface area contributed by atoms with Crippen LogP contribution in [-0.4, -0.2) is 25.8 Å². The van der Waals surface area contributed by atoms with Crippen molar-refractivity contribution in [1.82, 2.24) is 0 Å². The molecule has 3 rings (SSSR count). The van der Waals surface area contributed by atoms with Gasteiger partial charge >= 0.3 is 0 Å². The zero-order valence-electron chi connectivity index (χ0n) is 10.6. The lowest BCUT2D eigenvalue weighted by atomic mass is 9.69. The zero-order valence-corrected chi connectivity index (χ0v) is 10.6. The maximum atomic E-state index is 14.2. The summed E-state index contributed by atoms with van der Waals surface area (Å²) < 4.78 is 25.1. The van der Waals surface area contributed by atoms with Gasteiger partial charge in [-0.15, -0.1) is 0 Å². The van der Waals surface area contributed by atoms with Crippen LogP contribution in [0.15, 0.2) is 23.2 Å². The largest absolute Gasteiger partial charge is 0.465 e. The summed E-state index contributed by atoms with van der Waals surface area (Å²) in [5, 5.41) is 0. The van der Waals surface area contributed by atoms with Gasteiger partial charge in [0.15, 0.2) is 0 Å². The molecule has 2 aliphatic rings. The molecule has 4 N–H and O–H groups in total. The van der Waals surface area contributed by atoms with E-state index in [1.165, 1.54) is 12.1 Å². The van der Waals surface area contributed by atoms with Crippen LogP contribution in [0.2, 0.25) is 0 Å². The fraction of sp³-hybridized carbons (Fsp3) is 0.462. The first-order valence-electron chi connectivity index (χ1n) is 6.08. The maximum absolute atomic E-state index is 14.2. The number of nitrogens with two attached hydrogens (primary N) is 2. The molecule has 19 heavy (non-hydrogen) atoms. The van der Waals surface area contributed by atoms with E-state index in [1.54, 1.807) is 6.07 Å². The number of fused-ring (bicyclic) bond motifs is 1. The van der Waals surface area contributed by atoms with Gasteiger partial charge in [0.05, 0.1) is 18.6 Å². The Hall–Kier alpha value is -1.82. The number of ether oxygens (including phenoxy) is 2. The van der Waals surface area contributed by atoms with Gasteiger partial charge in [0.1, 0.15) is 18.0 Å². The second kappa shape index (κ2) is 3.84. The van der Waals surface area contributed by atoms with Gasteiger partial charge in [-0.1, -0.05) is 6.92 Å². The highest BCUT2D eigenvalue weighted by molar-refractivity contribution is 5.73. The molecule has 2 atom stereocenters. The first kappa shape index (κ1) is 12.2. The average Bonchev–Trinajstić information content (AvgIpc) is 2.70. The highest BCUT2D eigenvalue weighted by Gasteiger charge is 2.58. The fourth-order valence-electron chi connectivity index (χ4n) is 2.82. The van der Waals surface area contributed by atoms with E-state index in [0.29, 0.717) is 24.5 Å². The Balaban J connectivity index is 2.24. The minimum absolute atomic E-state index is 0.0600. The van der Waals surface area contributed by atoms with Gasteiger partial charge in [0.2, 0.25) is 0 Å². The third-order valence-electron chi connectivity index (χ3n) is 4.01. The molecular weight excluding hydrogens is 249 g/mol. The van der Waals surface area contributed by atoms with Crippen molar-refractivity contribution in [3.05, 3.63) is 29.6 Å². The quantitative estimate of drug-likeness (QED) is 0.742. The number of anilines is 1. The minimum Gasteiger partial charge on any atom is -0.465 e. The molecule has 0 bridgehead atoms. The molecule has 1 aromatic carbocycles. The highest BCUT2D eigenvalue weighted by atomic mass is 19.1. The first-order chi connectivity index (χ1) is 8.97. The smallest absolute Gasteiger partial charge is 0.282 e. The van der Waals surface area contributed by atoms with Crippen molar-refractivity contribution in [2.75, 3.05) is 25.6 Å². The van der Waals surface area contributed by atoms with E-state index in [0.717, 1.165) is 0 Å². The summed E-state index contributed by atoms with van der Waals surface area (Å²) >= 11 is 0. The summed E-state index contributed by atoms with van der Waals surface area (Å²) in [6.07, 6.45) is 0. The van der Waals surface area contributed by atoms with Gasteiger partial charge in [-0.25, -0.2) is 9.38 Å². The van der Waals surface area contributed by atoms with E-state index in [4.69, 9.17) is 20.9 Å². The van der Waals surface area contributed by atoms with Crippen molar-refractivity contribution in [1.29, 1.82) is 0 Å². The molecule has 102 valence electrons. The van der Waals surface area contributed by atoms with Gasteiger partial charge in [-0.3, -0.25) is 0 Å². The van der Waals surface area contributed by atoms with Crippen LogP contribution in [0.4, 0.5) is 10.1 Å². The monoisotopic (exact) mass is 265 g/mol. The number of halogens is 1. The Morgan fingerprint density at radius 3 is 2.84 bits per heavy atom. The van der Waals surface area contributed by atoms with Crippen LogP contribution in [0.5, 0.6) is 0 Å². The van der Waals surface area contributed by atoms with Crippen LogP contribution in [0.3, 0.4) is 0 Å². The van der Waals surface area contributed by atoms with Crippen LogP contribution in [-0.2, 0) is 15.0 Å². The summed E-state index contributed by atoms with van der Waals surface area (Å²) in [4.78, 5) is 4.37. The maximum Gasteiger partial charge on any atom is 0.282 e. The standard InChI is InChI=1S/C13H16FN3O2/c1-12-5-18-7-13(12,17-11(16)19-6-12)9-4-8(15)2-3-10(9)14/h2-4H,5-7,15H2,1H3,(H2,16,17). The van der Waals surface area contributed by atoms with Crippen LogP contribution >= 0.6 is 0 Å². The Bertz CT molecular complexity index is 563. The SMILES string of the molecule is CC12COCC1(c1cc(N)ccc1F)N=C(N)OC2. The molecule has 0 aliphatic carbocycles. The number of nitrogens with zero attached hydrogens (tertiary/aromatic N) is 1. The third kappa shape index (κ3) is 1.59. The normalized spacial score (nSPS) is 33.5. The lowest BCUT2D eigenvalue weighted by molar-refractivity contribution is 0.0665. The van der Waals surface area contributed by atoms with Crippen LogP contribution in [0.1, 0.15) is 12.5 Å². The van der Waals surface area contributed by atoms with Gasteiger partial charge < -0.3 is 20.9 Å². The lowest BCUT2D eigenvalue weighted by Gasteiger charge is -2.42. The van der Waals surface area contributed by atoms with Crippen molar-refractivity contribution in [3.8, 4) is 0 Å². The fourth-order valence-corrected chi connectivity index (χ4v) is 2.82. The van der Waals surface area contributed by atoms with Gasteiger partial charge in [0.25, 0.3) is 6.02 Å². The zero-order chi connectivity index (χ0) is 13.7. The van der Waals surface area contributed by atoms with E-state index in [2.05, 4.69) is 4.99 Å². The predicted molar refractivity (Wildman–Crippen MR) is 69.0 cm³/mol. The van der Waals surface area contributed by atoms with Crippen molar-refractivity contribution in [2.24, 2.45) is 16.1 Å². The van der Waals surface area contributed by atoms with E-state index in [1.807, 2.05) is 6.92 Å². The summed E-state index contributed by atoms with van der Waals surface area (Å²) in [7, 11) is 0. The molecule has 2 aliphatic heterocycles. The van der Waals surface area contributed by atoms with E-state index in [9.17, 15) is 4.39 Å². The average molecular weight is 265 g/mol. The first-order valence-corrected chi connectivity index (χ1v) is 6.08. The minimum atomic E-state index is -0.866. The van der Waals surface area contributed by atoms with Gasteiger partial charge in [0, 0.05) is 11.3 Å². The number of hydrogen-bond acceptors (Lipinski definition) is 5. The molecular formula is C13H16FN3O2. The Labute approximate surface area is 110 Å². The van der Waals surface area contributed by atoms with Crippen molar-refractivity contribution >= 4 is 11.7 Å². The molecule has 1 aromatic rings. The molecule has 1 fully saturated rings. The number of aliphatic imine (C=N–C) groups is 1. The molecule has 0 spiro atoms. The molecule has 2 unspecified atom stereocenters. The molecule has 0 amide bonds.